The van der Waals surface area contributed by atoms with E-state index in [9.17, 15) is 119 Å². The van der Waals surface area contributed by atoms with Crippen molar-refractivity contribution in [2.45, 2.75) is 65.7 Å². The van der Waals surface area contributed by atoms with Crippen LogP contribution < -0.4 is 0 Å². The summed E-state index contributed by atoms with van der Waals surface area (Å²) in [4.78, 5) is 0. The molecule has 0 unspecified atom stereocenters. The number of alkyl halides is 27. The quantitative estimate of drug-likeness (QED) is 0.163. The van der Waals surface area contributed by atoms with Gasteiger partial charge in [0.2, 0.25) is 0 Å². The van der Waals surface area contributed by atoms with Crippen LogP contribution in [0.15, 0.2) is 0 Å². The minimum atomic E-state index is -11.6. The summed E-state index contributed by atoms with van der Waals surface area (Å²) in [7, 11) is 0. The summed E-state index contributed by atoms with van der Waals surface area (Å²) in [5.74, 6) is -54.7. The van der Waals surface area contributed by atoms with Gasteiger partial charge in [0.25, 0.3) is 0 Å². The molecule has 0 aliphatic heterocycles. The molecule has 0 spiro atoms. The number of halogens is 27. The van der Waals surface area contributed by atoms with Crippen molar-refractivity contribution in [1.82, 2.24) is 0 Å². The van der Waals surface area contributed by atoms with Crippen molar-refractivity contribution in [3.63, 3.8) is 0 Å². The minimum absolute atomic E-state index is 8.38. The van der Waals surface area contributed by atoms with Crippen molar-refractivity contribution in [1.29, 1.82) is 0 Å². The van der Waals surface area contributed by atoms with Gasteiger partial charge in [0.05, 0.1) is 0 Å². The molecule has 0 aromatic heterocycles. The van der Waals surface area contributed by atoms with Crippen LogP contribution in [0.5, 0.6) is 0 Å². The Bertz CT molecular complexity index is 792. The molecular weight excluding hydrogens is 779 g/mol. The van der Waals surface area contributed by atoms with Gasteiger partial charge >= 0.3 is 204 Å². The van der Waals surface area contributed by atoms with Crippen LogP contribution >= 0.6 is 0 Å². The SMILES string of the molecule is FC(F)(F)C(F)(F)C(F)(F)[C](F)(F)[Sb]([C](F)(F)C(F)(F)C(F)(F)C(F)(F)F)[C](F)(F)C(F)(F)C(F)(F)C(F)(F)F. The Labute approximate surface area is 205 Å². The Hall–Kier alpha value is -1.07. The second kappa shape index (κ2) is 9.46. The third-order valence-corrected chi connectivity index (χ3v) is 11.4. The van der Waals surface area contributed by atoms with E-state index >= 15 is 0 Å². The summed E-state index contributed by atoms with van der Waals surface area (Å²) in [6.45, 7) is 0. The van der Waals surface area contributed by atoms with E-state index in [1.165, 1.54) is 0 Å². The average molecular weight is 779 g/mol. The predicted octanol–water partition coefficient (Wildman–Crippen LogP) is 8.50. The summed E-state index contributed by atoms with van der Waals surface area (Å²) < 4.78 is 323. The summed E-state index contributed by atoms with van der Waals surface area (Å²) in [6, 6.07) is 0. The molecular formula is C12F27Sb. The molecule has 0 N–H and O–H groups in total. The molecule has 0 aromatic carbocycles. The Morgan fingerprint density at radius 3 is 0.425 bits per heavy atom. The van der Waals surface area contributed by atoms with Crippen molar-refractivity contribution in [2.75, 3.05) is 0 Å². The van der Waals surface area contributed by atoms with Crippen LogP contribution in [0, 0.1) is 0 Å². The zero-order chi connectivity index (χ0) is 33.6. The van der Waals surface area contributed by atoms with Crippen LogP contribution in [0.2, 0.25) is 0 Å². The molecule has 242 valence electrons. The van der Waals surface area contributed by atoms with Crippen LogP contribution in [0.1, 0.15) is 0 Å². The molecule has 0 aromatic rings. The first-order chi connectivity index (χ1) is 16.6. The molecule has 0 bridgehead atoms. The zero-order valence-electron chi connectivity index (χ0n) is 16.7. The molecule has 0 nitrogen and oxygen atoms in total. The molecule has 0 heterocycles. The van der Waals surface area contributed by atoms with Gasteiger partial charge in [-0.1, -0.05) is 0 Å². The number of rotatable bonds is 9. The molecule has 0 rings (SSSR count). The van der Waals surface area contributed by atoms with E-state index in [-0.39, 0.29) is 0 Å². The second-order valence-electron chi connectivity index (χ2n) is 6.90. The molecule has 0 saturated carbocycles. The summed E-state index contributed by atoms with van der Waals surface area (Å²) in [5, 5.41) is 0. The van der Waals surface area contributed by atoms with Crippen LogP contribution in [-0.4, -0.2) is 85.9 Å². The van der Waals surface area contributed by atoms with E-state index in [1.54, 1.807) is 0 Å². The molecule has 0 aliphatic carbocycles. The number of hydrogen-bond acceptors (Lipinski definition) is 0. The van der Waals surface area contributed by atoms with Gasteiger partial charge in [0, 0.05) is 0 Å². The standard InChI is InChI=1S/3C4F9.Sb/c3*5-1(6)2(7,8)3(9,10)4(11,12)13;. The van der Waals surface area contributed by atoms with E-state index in [0.717, 1.165) is 0 Å². The molecule has 0 aliphatic rings. The average Bonchev–Trinajstić information content (AvgIpc) is 2.63. The third-order valence-electron chi connectivity index (χ3n) is 4.23. The van der Waals surface area contributed by atoms with E-state index < -0.39 is 85.9 Å². The van der Waals surface area contributed by atoms with Gasteiger partial charge < -0.3 is 0 Å². The van der Waals surface area contributed by atoms with Gasteiger partial charge in [-0.2, -0.15) is 0 Å². The van der Waals surface area contributed by atoms with Crippen molar-refractivity contribution < 1.29 is 119 Å². The predicted molar refractivity (Wildman–Crippen MR) is 68.4 cm³/mol. The summed E-state index contributed by atoms with van der Waals surface area (Å²) >= 11 is -11.6. The first kappa shape index (κ1) is 38.9. The first-order valence-electron chi connectivity index (χ1n) is 8.02. The molecule has 0 atom stereocenters. The van der Waals surface area contributed by atoms with Gasteiger partial charge in [0.15, 0.2) is 0 Å². The monoisotopic (exact) mass is 778 g/mol. The van der Waals surface area contributed by atoms with E-state index in [0.29, 0.717) is 0 Å². The van der Waals surface area contributed by atoms with Crippen LogP contribution in [0.25, 0.3) is 0 Å². The molecule has 0 amide bonds. The molecule has 40 heavy (non-hydrogen) atoms. The fourth-order valence-corrected chi connectivity index (χ4v) is 8.68. The summed E-state index contributed by atoms with van der Waals surface area (Å²) in [5.41, 5.74) is 0. The molecule has 0 radical (unpaired) electrons. The van der Waals surface area contributed by atoms with Gasteiger partial charge in [-0.25, -0.2) is 0 Å². The second-order valence-corrected chi connectivity index (χ2v) is 13.6. The topological polar surface area (TPSA) is 0 Å². The first-order valence-corrected chi connectivity index (χ1v) is 11.9. The summed E-state index contributed by atoms with van der Waals surface area (Å²) in [6.07, 6.45) is -25.1. The van der Waals surface area contributed by atoms with Crippen LogP contribution in [0.3, 0.4) is 0 Å². The zero-order valence-corrected chi connectivity index (χ0v) is 19.2. The Morgan fingerprint density at radius 2 is 0.325 bits per heavy atom. The normalized spacial score (nSPS) is 17.1. The van der Waals surface area contributed by atoms with E-state index in [2.05, 4.69) is 0 Å². The van der Waals surface area contributed by atoms with Gasteiger partial charge in [-0.15, -0.1) is 0 Å². The molecule has 28 heteroatoms. The fraction of sp³-hybridized carbons (Fsp3) is 1.00. The van der Waals surface area contributed by atoms with E-state index in [1.807, 2.05) is 0 Å². The van der Waals surface area contributed by atoms with Gasteiger partial charge in [0.1, 0.15) is 0 Å². The Morgan fingerprint density at radius 1 is 0.200 bits per heavy atom. The van der Waals surface area contributed by atoms with Crippen molar-refractivity contribution >= 4 is 20.2 Å². The maximum atomic E-state index is 14.0. The molecule has 0 saturated heterocycles. The number of hydrogen-bond donors (Lipinski definition) is 0. The van der Waals surface area contributed by atoms with Crippen molar-refractivity contribution in [3.8, 4) is 0 Å². The Kier molecular flexibility index (Phi) is 9.21. The fourth-order valence-electron chi connectivity index (χ4n) is 2.05. The molecule has 0 fully saturated rings. The van der Waals surface area contributed by atoms with Crippen LogP contribution in [0.4, 0.5) is 119 Å². The van der Waals surface area contributed by atoms with E-state index in [4.69, 9.17) is 0 Å². The van der Waals surface area contributed by atoms with Crippen molar-refractivity contribution in [3.05, 3.63) is 0 Å². The third kappa shape index (κ3) is 4.97. The van der Waals surface area contributed by atoms with Crippen LogP contribution in [-0.2, 0) is 0 Å². The van der Waals surface area contributed by atoms with Gasteiger partial charge in [-0.05, 0) is 0 Å². The Balaban J connectivity index is 8.21. The maximum absolute atomic E-state index is 14.0. The van der Waals surface area contributed by atoms with Crippen molar-refractivity contribution in [2.24, 2.45) is 0 Å². The van der Waals surface area contributed by atoms with Gasteiger partial charge in [-0.3, -0.25) is 0 Å².